The molecule has 0 bridgehead atoms. The molecule has 3 heterocycles. The van der Waals surface area contributed by atoms with E-state index in [1.807, 2.05) is 36.5 Å². The van der Waals surface area contributed by atoms with Crippen LogP contribution in [0.5, 0.6) is 0 Å². The Morgan fingerprint density at radius 3 is 3.15 bits per heavy atom. The van der Waals surface area contributed by atoms with Gasteiger partial charge in [-0.1, -0.05) is 17.7 Å². The predicted molar refractivity (Wildman–Crippen MR) is 108 cm³/mol. The van der Waals surface area contributed by atoms with E-state index in [0.29, 0.717) is 23.9 Å². The largest absolute Gasteiger partial charge is 0.378 e. The van der Waals surface area contributed by atoms with Gasteiger partial charge in [0.15, 0.2) is 5.78 Å². The molecule has 0 spiro atoms. The van der Waals surface area contributed by atoms with Crippen LogP contribution in [-0.4, -0.2) is 40.4 Å². The van der Waals surface area contributed by atoms with Crippen LogP contribution >= 0.6 is 11.6 Å². The molecule has 27 heavy (non-hydrogen) atoms. The Hall–Kier alpha value is -2.60. The highest BCUT2D eigenvalue weighted by Crippen LogP contribution is 2.28. The standard InChI is InChI=1S/C20H22ClN5O/c21-15-4-1-5-16(10-15)23-11-17(27)9-14-3-2-8-26(12-14)20-18-6-7-22-19(18)24-13-25-20/h1,4-7,10,13-14,23H,2-3,8-9,11-12H2,(H,22,24,25)/t14-/m0/s1. The summed E-state index contributed by atoms with van der Waals surface area (Å²) in [5.41, 5.74) is 1.72. The molecule has 6 nitrogen and oxygen atoms in total. The third-order valence-electron chi connectivity index (χ3n) is 4.98. The summed E-state index contributed by atoms with van der Waals surface area (Å²) in [7, 11) is 0. The molecular formula is C20H22ClN5O. The first kappa shape index (κ1) is 17.8. The van der Waals surface area contributed by atoms with Gasteiger partial charge in [0, 0.05) is 36.4 Å². The molecule has 1 aromatic carbocycles. The molecule has 2 aromatic heterocycles. The van der Waals surface area contributed by atoms with E-state index < -0.39 is 0 Å². The number of carbonyl (C=O) groups excluding carboxylic acids is 1. The van der Waals surface area contributed by atoms with E-state index in [0.717, 1.165) is 48.5 Å². The minimum atomic E-state index is 0.219. The SMILES string of the molecule is O=C(CNc1cccc(Cl)c1)C[C@@H]1CCCN(c2ncnc3[nH]ccc23)C1. The number of Topliss-reactive ketones (excluding diaryl/α,β-unsaturated/α-hetero) is 1. The number of hydrogen-bond acceptors (Lipinski definition) is 5. The number of nitrogens with one attached hydrogen (secondary N) is 2. The second kappa shape index (κ2) is 7.96. The number of benzene rings is 1. The van der Waals surface area contributed by atoms with Gasteiger partial charge in [-0.3, -0.25) is 4.79 Å². The third kappa shape index (κ3) is 4.22. The zero-order chi connectivity index (χ0) is 18.6. The van der Waals surface area contributed by atoms with Crippen molar-refractivity contribution in [3.05, 3.63) is 47.9 Å². The van der Waals surface area contributed by atoms with Gasteiger partial charge in [0.1, 0.15) is 17.8 Å². The number of nitrogens with zero attached hydrogens (tertiary/aromatic N) is 3. The first-order valence-electron chi connectivity index (χ1n) is 9.23. The van der Waals surface area contributed by atoms with Crippen molar-refractivity contribution >= 4 is 39.9 Å². The summed E-state index contributed by atoms with van der Waals surface area (Å²) >= 11 is 5.98. The summed E-state index contributed by atoms with van der Waals surface area (Å²) in [5, 5.41) is 4.86. The number of aromatic amines is 1. The third-order valence-corrected chi connectivity index (χ3v) is 5.22. The number of H-pyrrole nitrogens is 1. The number of anilines is 2. The number of carbonyl (C=O) groups is 1. The molecule has 2 N–H and O–H groups in total. The van der Waals surface area contributed by atoms with Gasteiger partial charge in [0.2, 0.25) is 0 Å². The van der Waals surface area contributed by atoms with Gasteiger partial charge >= 0.3 is 0 Å². The Morgan fingerprint density at radius 2 is 2.26 bits per heavy atom. The predicted octanol–water partition coefficient (Wildman–Crippen LogP) is 3.90. The fourth-order valence-electron chi connectivity index (χ4n) is 3.73. The topological polar surface area (TPSA) is 73.9 Å². The Morgan fingerprint density at radius 1 is 1.33 bits per heavy atom. The number of hydrogen-bond donors (Lipinski definition) is 2. The van der Waals surface area contributed by atoms with Gasteiger partial charge in [-0.25, -0.2) is 9.97 Å². The zero-order valence-electron chi connectivity index (χ0n) is 15.0. The lowest BCUT2D eigenvalue weighted by molar-refractivity contribution is -0.118. The zero-order valence-corrected chi connectivity index (χ0v) is 15.7. The van der Waals surface area contributed by atoms with Crippen molar-refractivity contribution in [1.82, 2.24) is 15.0 Å². The summed E-state index contributed by atoms with van der Waals surface area (Å²) in [5.74, 6) is 1.52. The molecule has 140 valence electrons. The van der Waals surface area contributed by atoms with Crippen molar-refractivity contribution in [2.75, 3.05) is 29.9 Å². The molecule has 0 saturated carbocycles. The summed E-state index contributed by atoms with van der Waals surface area (Å²) in [4.78, 5) is 26.6. The smallest absolute Gasteiger partial charge is 0.152 e. The lowest BCUT2D eigenvalue weighted by Crippen LogP contribution is -2.37. The molecule has 0 unspecified atom stereocenters. The molecule has 4 rings (SSSR count). The number of ketones is 1. The Labute approximate surface area is 163 Å². The number of fused-ring (bicyclic) bond motifs is 1. The van der Waals surface area contributed by atoms with Crippen molar-refractivity contribution in [3.63, 3.8) is 0 Å². The van der Waals surface area contributed by atoms with Crippen LogP contribution in [0.3, 0.4) is 0 Å². The average Bonchev–Trinajstić information content (AvgIpc) is 3.15. The average molecular weight is 384 g/mol. The summed E-state index contributed by atoms with van der Waals surface area (Å²) in [6.07, 6.45) is 6.19. The van der Waals surface area contributed by atoms with Crippen LogP contribution in [0, 0.1) is 5.92 Å². The van der Waals surface area contributed by atoms with Gasteiger partial charge in [-0.05, 0) is 43.0 Å². The minimum Gasteiger partial charge on any atom is -0.378 e. The maximum Gasteiger partial charge on any atom is 0.152 e. The lowest BCUT2D eigenvalue weighted by Gasteiger charge is -2.33. The first-order valence-corrected chi connectivity index (χ1v) is 9.61. The van der Waals surface area contributed by atoms with Crippen molar-refractivity contribution in [1.29, 1.82) is 0 Å². The Bertz CT molecular complexity index is 941. The van der Waals surface area contributed by atoms with Gasteiger partial charge in [-0.15, -0.1) is 0 Å². The molecule has 0 radical (unpaired) electrons. The lowest BCUT2D eigenvalue weighted by atomic mass is 9.92. The Balaban J connectivity index is 1.35. The minimum absolute atomic E-state index is 0.219. The van der Waals surface area contributed by atoms with Crippen molar-refractivity contribution in [3.8, 4) is 0 Å². The van der Waals surface area contributed by atoms with Crippen molar-refractivity contribution in [2.24, 2.45) is 5.92 Å². The maximum atomic E-state index is 12.4. The highest BCUT2D eigenvalue weighted by atomic mass is 35.5. The molecule has 1 atom stereocenters. The molecule has 1 aliphatic rings. The highest BCUT2D eigenvalue weighted by Gasteiger charge is 2.24. The number of piperidine rings is 1. The van der Waals surface area contributed by atoms with E-state index in [2.05, 4.69) is 25.2 Å². The van der Waals surface area contributed by atoms with E-state index in [9.17, 15) is 4.79 Å². The van der Waals surface area contributed by atoms with E-state index in [1.54, 1.807) is 6.33 Å². The van der Waals surface area contributed by atoms with Crippen LogP contribution in [-0.2, 0) is 4.79 Å². The second-order valence-electron chi connectivity index (χ2n) is 7.00. The van der Waals surface area contributed by atoms with Crippen molar-refractivity contribution < 1.29 is 4.79 Å². The molecule has 0 aliphatic carbocycles. The molecule has 1 aliphatic heterocycles. The van der Waals surface area contributed by atoms with Gasteiger partial charge in [0.25, 0.3) is 0 Å². The van der Waals surface area contributed by atoms with Crippen LogP contribution in [0.25, 0.3) is 11.0 Å². The monoisotopic (exact) mass is 383 g/mol. The van der Waals surface area contributed by atoms with Crippen LogP contribution < -0.4 is 10.2 Å². The van der Waals surface area contributed by atoms with Gasteiger partial charge in [-0.2, -0.15) is 0 Å². The molecule has 7 heteroatoms. The molecule has 3 aromatic rings. The van der Waals surface area contributed by atoms with Crippen LogP contribution in [0.4, 0.5) is 11.5 Å². The van der Waals surface area contributed by atoms with E-state index in [1.165, 1.54) is 0 Å². The molecular weight excluding hydrogens is 362 g/mol. The summed E-state index contributed by atoms with van der Waals surface area (Å²) in [6, 6.07) is 9.44. The van der Waals surface area contributed by atoms with E-state index >= 15 is 0 Å². The Kier molecular flexibility index (Phi) is 5.25. The van der Waals surface area contributed by atoms with Gasteiger partial charge in [0.05, 0.1) is 11.9 Å². The van der Waals surface area contributed by atoms with Gasteiger partial charge < -0.3 is 15.2 Å². The molecule has 0 amide bonds. The van der Waals surface area contributed by atoms with E-state index in [4.69, 9.17) is 11.6 Å². The number of aromatic nitrogens is 3. The number of halogens is 1. The molecule has 1 saturated heterocycles. The van der Waals surface area contributed by atoms with Crippen LogP contribution in [0.2, 0.25) is 5.02 Å². The summed E-state index contributed by atoms with van der Waals surface area (Å²) in [6.45, 7) is 2.13. The highest BCUT2D eigenvalue weighted by molar-refractivity contribution is 6.30. The number of rotatable bonds is 6. The molecule has 1 fully saturated rings. The quantitative estimate of drug-likeness (QED) is 0.675. The van der Waals surface area contributed by atoms with Crippen molar-refractivity contribution in [2.45, 2.75) is 19.3 Å². The van der Waals surface area contributed by atoms with Crippen LogP contribution in [0.1, 0.15) is 19.3 Å². The van der Waals surface area contributed by atoms with E-state index in [-0.39, 0.29) is 5.78 Å². The second-order valence-corrected chi connectivity index (χ2v) is 7.43. The fraction of sp³-hybridized carbons (Fsp3) is 0.350. The van der Waals surface area contributed by atoms with Crippen LogP contribution in [0.15, 0.2) is 42.9 Å². The summed E-state index contributed by atoms with van der Waals surface area (Å²) < 4.78 is 0. The normalized spacial score (nSPS) is 17.2. The fourth-order valence-corrected chi connectivity index (χ4v) is 3.92. The first-order chi connectivity index (χ1) is 13.2. The maximum absolute atomic E-state index is 12.4.